The highest BCUT2D eigenvalue weighted by atomic mass is 16.5. The maximum Gasteiger partial charge on any atom is 0.339 e. The van der Waals surface area contributed by atoms with Crippen LogP contribution >= 0.6 is 0 Å². The Labute approximate surface area is 176 Å². The molecule has 0 aliphatic carbocycles. The van der Waals surface area contributed by atoms with Gasteiger partial charge >= 0.3 is 6.03 Å². The zero-order valence-electron chi connectivity index (χ0n) is 16.3. The van der Waals surface area contributed by atoms with Gasteiger partial charge in [0, 0.05) is 35.3 Å². The van der Waals surface area contributed by atoms with Gasteiger partial charge in [-0.25, -0.2) is 15.8 Å². The molecule has 0 unspecified atom stereocenters. The summed E-state index contributed by atoms with van der Waals surface area (Å²) < 4.78 is 0. The number of para-hydroxylation sites is 1. The van der Waals surface area contributed by atoms with Crippen LogP contribution in [0.1, 0.15) is 11.1 Å². The first-order chi connectivity index (χ1) is 15.0. The number of hydrogen-bond donors (Lipinski definition) is 7. The molecule has 0 spiro atoms. The second kappa shape index (κ2) is 10.1. The van der Waals surface area contributed by atoms with E-state index in [-0.39, 0.29) is 6.42 Å². The van der Waals surface area contributed by atoms with Gasteiger partial charge in [-0.15, -0.1) is 0 Å². The molecule has 0 fully saturated rings. The van der Waals surface area contributed by atoms with Gasteiger partial charge in [-0.05, 0) is 35.4 Å². The number of aromatic amines is 1. The van der Waals surface area contributed by atoms with E-state index in [0.717, 1.165) is 22.5 Å². The minimum Gasteiger partial charge on any atom is -0.361 e. The lowest BCUT2D eigenvalue weighted by atomic mass is 10.0. The lowest BCUT2D eigenvalue weighted by Gasteiger charge is -2.18. The van der Waals surface area contributed by atoms with Gasteiger partial charge in [0.2, 0.25) is 5.91 Å². The van der Waals surface area contributed by atoms with Gasteiger partial charge in [-0.1, -0.05) is 30.3 Å². The Morgan fingerprint density at radius 3 is 2.45 bits per heavy atom. The number of rotatable bonds is 7. The Morgan fingerprint density at radius 1 is 1.00 bits per heavy atom. The number of hydrogen-bond acceptors (Lipinski definition) is 5. The minimum absolute atomic E-state index is 0.195. The zero-order valence-corrected chi connectivity index (χ0v) is 16.3. The van der Waals surface area contributed by atoms with E-state index in [1.54, 1.807) is 30.5 Å². The van der Waals surface area contributed by atoms with Crippen molar-refractivity contribution >= 4 is 40.5 Å². The number of benzene rings is 2. The first kappa shape index (κ1) is 21.6. The molecule has 0 bridgehead atoms. The van der Waals surface area contributed by atoms with Crippen LogP contribution in [0.5, 0.6) is 0 Å². The Bertz CT molecular complexity index is 1110. The summed E-state index contributed by atoms with van der Waals surface area (Å²) in [5, 5.41) is 23.4. The number of urea groups is 1. The molecule has 2 aromatic carbocycles. The average molecular weight is 423 g/mol. The van der Waals surface area contributed by atoms with Gasteiger partial charge < -0.3 is 15.6 Å². The monoisotopic (exact) mass is 423 g/mol. The normalized spacial score (nSPS) is 11.8. The number of aromatic nitrogens is 1. The van der Waals surface area contributed by atoms with E-state index < -0.39 is 23.9 Å². The number of carbonyl (C=O) groups is 3. The number of hydroxylamine groups is 2. The number of nitrogens with one attached hydrogen (secondary N) is 5. The van der Waals surface area contributed by atoms with E-state index in [4.69, 9.17) is 10.4 Å². The van der Waals surface area contributed by atoms with E-state index in [1.165, 1.54) is 17.0 Å². The fourth-order valence-electron chi connectivity index (χ4n) is 3.04. The average Bonchev–Trinajstić information content (AvgIpc) is 3.20. The van der Waals surface area contributed by atoms with Crippen LogP contribution in [-0.4, -0.2) is 39.3 Å². The van der Waals surface area contributed by atoms with Crippen molar-refractivity contribution in [3.8, 4) is 0 Å². The summed E-state index contributed by atoms with van der Waals surface area (Å²) in [5.41, 5.74) is 5.85. The molecular weight excluding hydrogens is 402 g/mol. The topological polar surface area (TPSA) is 156 Å². The van der Waals surface area contributed by atoms with Crippen LogP contribution in [0, 0.1) is 0 Å². The number of anilines is 1. The largest absolute Gasteiger partial charge is 0.361 e. The highest BCUT2D eigenvalue weighted by molar-refractivity contribution is 5.98. The third kappa shape index (κ3) is 5.69. The zero-order chi connectivity index (χ0) is 22.2. The van der Waals surface area contributed by atoms with E-state index in [0.29, 0.717) is 11.3 Å². The van der Waals surface area contributed by atoms with Crippen molar-refractivity contribution in [1.82, 2.24) is 21.3 Å². The van der Waals surface area contributed by atoms with Crippen LogP contribution in [-0.2, 0) is 16.0 Å². The van der Waals surface area contributed by atoms with E-state index in [2.05, 4.69) is 15.6 Å². The standard InChI is InChI=1S/C21H21N5O5/c27-19(25-30)10-7-13-5-8-15(9-6-13)23-20(28)18(24-21(29)26-31)11-14-12-22-17-4-2-1-3-16(14)17/h1-10,12,18,22,30-31H,11H2,(H,23,28)(H,25,27)(H2,24,26,29)/b10-7+/t18-/m1/s1. The molecule has 0 aliphatic rings. The van der Waals surface area contributed by atoms with Gasteiger partial charge in [0.25, 0.3) is 5.91 Å². The predicted molar refractivity (Wildman–Crippen MR) is 113 cm³/mol. The molecule has 3 aromatic rings. The predicted octanol–water partition coefficient (Wildman–Crippen LogP) is 1.92. The second-order valence-electron chi connectivity index (χ2n) is 6.62. The quantitative estimate of drug-likeness (QED) is 0.176. The first-order valence-corrected chi connectivity index (χ1v) is 9.29. The molecule has 0 radical (unpaired) electrons. The SMILES string of the molecule is O=C(/C=C/c1ccc(NC(=O)[C@@H](Cc2c[nH]c3ccccc23)NC(=O)NO)cc1)NO. The Balaban J connectivity index is 1.73. The molecule has 4 amide bonds. The lowest BCUT2D eigenvalue weighted by molar-refractivity contribution is -0.124. The van der Waals surface area contributed by atoms with Crippen LogP contribution in [0.3, 0.4) is 0 Å². The lowest BCUT2D eigenvalue weighted by Crippen LogP contribution is -2.48. The van der Waals surface area contributed by atoms with Crippen molar-refractivity contribution in [2.75, 3.05) is 5.32 Å². The van der Waals surface area contributed by atoms with E-state index in [9.17, 15) is 14.4 Å². The summed E-state index contributed by atoms with van der Waals surface area (Å²) in [6.45, 7) is 0. The number of amides is 4. The summed E-state index contributed by atoms with van der Waals surface area (Å²) in [5.74, 6) is -1.14. The third-order valence-corrected chi connectivity index (χ3v) is 4.54. The Morgan fingerprint density at radius 2 is 1.74 bits per heavy atom. The van der Waals surface area contributed by atoms with Crippen molar-refractivity contribution in [1.29, 1.82) is 0 Å². The van der Waals surface area contributed by atoms with Gasteiger partial charge in [-0.3, -0.25) is 20.0 Å². The van der Waals surface area contributed by atoms with Crippen molar-refractivity contribution in [2.24, 2.45) is 0 Å². The highest BCUT2D eigenvalue weighted by Crippen LogP contribution is 2.20. The molecule has 0 saturated heterocycles. The van der Waals surface area contributed by atoms with Crippen LogP contribution in [0.25, 0.3) is 17.0 Å². The second-order valence-corrected chi connectivity index (χ2v) is 6.62. The number of H-pyrrole nitrogens is 1. The van der Waals surface area contributed by atoms with Crippen molar-refractivity contribution in [3.05, 3.63) is 71.9 Å². The molecule has 7 N–H and O–H groups in total. The Kier molecular flexibility index (Phi) is 6.99. The maximum atomic E-state index is 12.8. The molecule has 10 nitrogen and oxygen atoms in total. The van der Waals surface area contributed by atoms with Crippen LogP contribution < -0.4 is 21.6 Å². The molecule has 31 heavy (non-hydrogen) atoms. The third-order valence-electron chi connectivity index (χ3n) is 4.54. The summed E-state index contributed by atoms with van der Waals surface area (Å²) in [7, 11) is 0. The van der Waals surface area contributed by atoms with E-state index >= 15 is 0 Å². The molecule has 3 rings (SSSR count). The molecular formula is C21H21N5O5. The smallest absolute Gasteiger partial charge is 0.339 e. The summed E-state index contributed by atoms with van der Waals surface area (Å²) in [6.07, 6.45) is 4.61. The molecule has 0 saturated carbocycles. The molecule has 160 valence electrons. The van der Waals surface area contributed by atoms with E-state index in [1.807, 2.05) is 24.3 Å². The van der Waals surface area contributed by atoms with Gasteiger partial charge in [0.15, 0.2) is 0 Å². The fraction of sp³-hybridized carbons (Fsp3) is 0.0952. The Hall–Kier alpha value is -4.15. The summed E-state index contributed by atoms with van der Waals surface area (Å²) in [4.78, 5) is 38.6. The summed E-state index contributed by atoms with van der Waals surface area (Å²) >= 11 is 0. The van der Waals surface area contributed by atoms with Crippen LogP contribution in [0.15, 0.2) is 60.8 Å². The molecule has 1 heterocycles. The van der Waals surface area contributed by atoms with Crippen molar-refractivity contribution in [2.45, 2.75) is 12.5 Å². The highest BCUT2D eigenvalue weighted by Gasteiger charge is 2.22. The van der Waals surface area contributed by atoms with Gasteiger partial charge in [0.1, 0.15) is 6.04 Å². The van der Waals surface area contributed by atoms with Gasteiger partial charge in [-0.2, -0.15) is 0 Å². The molecule has 0 aliphatic heterocycles. The molecule has 1 atom stereocenters. The fourth-order valence-corrected chi connectivity index (χ4v) is 3.04. The van der Waals surface area contributed by atoms with Crippen LogP contribution in [0.4, 0.5) is 10.5 Å². The summed E-state index contributed by atoms with van der Waals surface area (Å²) in [6, 6.07) is 12.3. The number of fused-ring (bicyclic) bond motifs is 1. The maximum absolute atomic E-state index is 12.8. The number of carbonyl (C=O) groups excluding carboxylic acids is 3. The van der Waals surface area contributed by atoms with Gasteiger partial charge in [0.05, 0.1) is 0 Å². The minimum atomic E-state index is -0.959. The molecule has 1 aromatic heterocycles. The van der Waals surface area contributed by atoms with Crippen LogP contribution in [0.2, 0.25) is 0 Å². The van der Waals surface area contributed by atoms with Crippen molar-refractivity contribution < 1.29 is 24.8 Å². The first-order valence-electron chi connectivity index (χ1n) is 9.29. The molecule has 10 heteroatoms. The van der Waals surface area contributed by atoms with Crippen molar-refractivity contribution in [3.63, 3.8) is 0 Å².